The SMILES string of the molecule is C/C=N/OC[C@@H]1CC[C@]2(CO)CCCN12. The Morgan fingerprint density at radius 1 is 1.60 bits per heavy atom. The van der Waals surface area contributed by atoms with Crippen molar-refractivity contribution in [2.24, 2.45) is 5.16 Å². The summed E-state index contributed by atoms with van der Waals surface area (Å²) in [5, 5.41) is 13.3. The summed E-state index contributed by atoms with van der Waals surface area (Å²) in [6.45, 7) is 3.90. The van der Waals surface area contributed by atoms with Crippen LogP contribution in [0.3, 0.4) is 0 Å². The first-order valence-corrected chi connectivity index (χ1v) is 5.80. The highest BCUT2D eigenvalue weighted by atomic mass is 16.6. The molecule has 0 spiro atoms. The highest BCUT2D eigenvalue weighted by Crippen LogP contribution is 2.41. The molecule has 0 aromatic rings. The van der Waals surface area contributed by atoms with Gasteiger partial charge < -0.3 is 9.94 Å². The molecule has 2 atom stereocenters. The average molecular weight is 212 g/mol. The van der Waals surface area contributed by atoms with Crippen LogP contribution in [0.2, 0.25) is 0 Å². The second kappa shape index (κ2) is 4.49. The zero-order valence-electron chi connectivity index (χ0n) is 9.35. The first kappa shape index (κ1) is 10.9. The van der Waals surface area contributed by atoms with E-state index in [9.17, 15) is 5.11 Å². The third kappa shape index (κ3) is 1.88. The van der Waals surface area contributed by atoms with Crippen molar-refractivity contribution in [2.45, 2.75) is 44.2 Å². The summed E-state index contributed by atoms with van der Waals surface area (Å²) in [7, 11) is 0. The van der Waals surface area contributed by atoms with Crippen LogP contribution in [0, 0.1) is 0 Å². The van der Waals surface area contributed by atoms with Gasteiger partial charge in [0, 0.05) is 17.8 Å². The van der Waals surface area contributed by atoms with Gasteiger partial charge in [-0.2, -0.15) is 0 Å². The predicted molar refractivity (Wildman–Crippen MR) is 58.9 cm³/mol. The van der Waals surface area contributed by atoms with Gasteiger partial charge in [0.2, 0.25) is 0 Å². The van der Waals surface area contributed by atoms with E-state index in [1.165, 1.54) is 6.42 Å². The van der Waals surface area contributed by atoms with E-state index in [2.05, 4.69) is 10.1 Å². The minimum atomic E-state index is 0.0734. The van der Waals surface area contributed by atoms with Crippen molar-refractivity contribution in [3.8, 4) is 0 Å². The minimum absolute atomic E-state index is 0.0734. The number of rotatable bonds is 4. The van der Waals surface area contributed by atoms with Gasteiger partial charge in [-0.05, 0) is 39.2 Å². The molecule has 0 saturated carbocycles. The Labute approximate surface area is 90.9 Å². The van der Waals surface area contributed by atoms with Crippen molar-refractivity contribution in [3.63, 3.8) is 0 Å². The molecule has 0 amide bonds. The first-order valence-electron chi connectivity index (χ1n) is 5.80. The summed E-state index contributed by atoms with van der Waals surface area (Å²) in [5.41, 5.74) is 0.0734. The molecule has 0 radical (unpaired) electrons. The van der Waals surface area contributed by atoms with Crippen molar-refractivity contribution in [1.82, 2.24) is 4.90 Å². The number of hydrogen-bond donors (Lipinski definition) is 1. The van der Waals surface area contributed by atoms with Gasteiger partial charge in [0.1, 0.15) is 6.61 Å². The molecule has 2 rings (SSSR count). The lowest BCUT2D eigenvalue weighted by molar-refractivity contribution is 0.0354. The zero-order chi connectivity index (χ0) is 10.7. The second-order valence-electron chi connectivity index (χ2n) is 4.53. The van der Waals surface area contributed by atoms with Crippen LogP contribution >= 0.6 is 0 Å². The van der Waals surface area contributed by atoms with E-state index < -0.39 is 0 Å². The fourth-order valence-electron chi connectivity index (χ4n) is 3.01. The number of fused-ring (bicyclic) bond motifs is 1. The van der Waals surface area contributed by atoms with Gasteiger partial charge in [0.15, 0.2) is 0 Å². The standard InChI is InChI=1S/C11H20N2O2/c1-2-12-15-8-10-4-6-11(9-14)5-3-7-13(10)11/h2,10,14H,3-9H2,1H3/b12-2+/t10-,11-/m0/s1. The Morgan fingerprint density at radius 2 is 2.47 bits per heavy atom. The largest absolute Gasteiger partial charge is 0.394 e. The van der Waals surface area contributed by atoms with Crippen LogP contribution in [0.4, 0.5) is 0 Å². The van der Waals surface area contributed by atoms with Crippen LogP contribution in [0.25, 0.3) is 0 Å². The highest BCUT2D eigenvalue weighted by Gasteiger charge is 2.48. The quantitative estimate of drug-likeness (QED) is 0.558. The van der Waals surface area contributed by atoms with Crippen molar-refractivity contribution in [2.75, 3.05) is 19.8 Å². The molecule has 0 aliphatic carbocycles. The van der Waals surface area contributed by atoms with Crippen LogP contribution in [0.1, 0.15) is 32.6 Å². The summed E-state index contributed by atoms with van der Waals surface area (Å²) in [5.74, 6) is 0. The number of aliphatic hydroxyl groups excluding tert-OH is 1. The van der Waals surface area contributed by atoms with E-state index >= 15 is 0 Å². The summed E-state index contributed by atoms with van der Waals surface area (Å²) >= 11 is 0. The molecule has 86 valence electrons. The summed E-state index contributed by atoms with van der Waals surface area (Å²) in [4.78, 5) is 7.64. The van der Waals surface area contributed by atoms with E-state index in [-0.39, 0.29) is 5.54 Å². The van der Waals surface area contributed by atoms with E-state index in [0.29, 0.717) is 19.3 Å². The Hall–Kier alpha value is -0.610. The molecule has 0 bridgehead atoms. The predicted octanol–water partition coefficient (Wildman–Crippen LogP) is 0.998. The minimum Gasteiger partial charge on any atom is -0.394 e. The summed E-state index contributed by atoms with van der Waals surface area (Å²) in [6.07, 6.45) is 6.23. The fraction of sp³-hybridized carbons (Fsp3) is 0.909. The smallest absolute Gasteiger partial charge is 0.132 e. The normalized spacial score (nSPS) is 36.3. The lowest BCUT2D eigenvalue weighted by atomic mass is 9.95. The van der Waals surface area contributed by atoms with Crippen LogP contribution < -0.4 is 0 Å². The number of nitrogens with zero attached hydrogens (tertiary/aromatic N) is 2. The molecule has 15 heavy (non-hydrogen) atoms. The zero-order valence-corrected chi connectivity index (χ0v) is 9.35. The third-order valence-corrected chi connectivity index (χ3v) is 3.78. The first-order chi connectivity index (χ1) is 7.32. The van der Waals surface area contributed by atoms with Crippen LogP contribution in [-0.2, 0) is 4.84 Å². The van der Waals surface area contributed by atoms with Crippen LogP contribution in [-0.4, -0.2) is 47.6 Å². The van der Waals surface area contributed by atoms with Gasteiger partial charge in [-0.15, -0.1) is 0 Å². The van der Waals surface area contributed by atoms with Gasteiger partial charge >= 0.3 is 0 Å². The maximum atomic E-state index is 9.50. The van der Waals surface area contributed by atoms with Crippen molar-refractivity contribution in [1.29, 1.82) is 0 Å². The molecule has 1 N–H and O–H groups in total. The number of hydrogen-bond acceptors (Lipinski definition) is 4. The molecular formula is C11H20N2O2. The van der Waals surface area contributed by atoms with Gasteiger partial charge in [-0.25, -0.2) is 0 Å². The monoisotopic (exact) mass is 212 g/mol. The highest BCUT2D eigenvalue weighted by molar-refractivity contribution is 5.52. The van der Waals surface area contributed by atoms with Crippen molar-refractivity contribution in [3.05, 3.63) is 0 Å². The maximum absolute atomic E-state index is 9.50. The Kier molecular flexibility index (Phi) is 3.26. The molecular weight excluding hydrogens is 192 g/mol. The Morgan fingerprint density at radius 3 is 3.20 bits per heavy atom. The Bertz CT molecular complexity index is 245. The van der Waals surface area contributed by atoms with E-state index in [1.54, 1.807) is 6.21 Å². The molecule has 2 aliphatic rings. The fourth-order valence-corrected chi connectivity index (χ4v) is 3.01. The second-order valence-corrected chi connectivity index (χ2v) is 4.53. The number of aliphatic hydroxyl groups is 1. The maximum Gasteiger partial charge on any atom is 0.132 e. The molecule has 2 fully saturated rings. The van der Waals surface area contributed by atoms with Gasteiger partial charge in [0.05, 0.1) is 6.61 Å². The molecule has 0 unspecified atom stereocenters. The van der Waals surface area contributed by atoms with Gasteiger partial charge in [-0.1, -0.05) is 5.16 Å². The molecule has 2 aliphatic heterocycles. The topological polar surface area (TPSA) is 45.1 Å². The molecule has 2 heterocycles. The summed E-state index contributed by atoms with van der Waals surface area (Å²) in [6, 6.07) is 0.448. The summed E-state index contributed by atoms with van der Waals surface area (Å²) < 4.78 is 0. The lowest BCUT2D eigenvalue weighted by Crippen LogP contribution is -2.46. The lowest BCUT2D eigenvalue weighted by Gasteiger charge is -2.32. The number of oxime groups is 1. The van der Waals surface area contributed by atoms with E-state index in [1.807, 2.05) is 6.92 Å². The van der Waals surface area contributed by atoms with Gasteiger partial charge in [0.25, 0.3) is 0 Å². The molecule has 4 nitrogen and oxygen atoms in total. The Balaban J connectivity index is 1.93. The van der Waals surface area contributed by atoms with Crippen LogP contribution in [0.5, 0.6) is 0 Å². The van der Waals surface area contributed by atoms with E-state index in [0.717, 1.165) is 25.8 Å². The molecule has 0 aromatic carbocycles. The molecule has 0 aromatic heterocycles. The molecule has 4 heteroatoms. The van der Waals surface area contributed by atoms with Crippen molar-refractivity contribution >= 4 is 6.21 Å². The van der Waals surface area contributed by atoms with Gasteiger partial charge in [-0.3, -0.25) is 4.90 Å². The van der Waals surface area contributed by atoms with E-state index in [4.69, 9.17) is 4.84 Å². The average Bonchev–Trinajstić information content (AvgIpc) is 2.79. The third-order valence-electron chi connectivity index (χ3n) is 3.78. The molecule has 2 saturated heterocycles. The van der Waals surface area contributed by atoms with Crippen LogP contribution in [0.15, 0.2) is 5.16 Å². The van der Waals surface area contributed by atoms with Crippen molar-refractivity contribution < 1.29 is 9.94 Å².